The molecule has 8 heteroatoms. The summed E-state index contributed by atoms with van der Waals surface area (Å²) in [5.74, 6) is -1.43. The standard InChI is InChI=1S/C14H14FN3O3S/c15-6-5-9-3-1-2-4-10(9)8-16-18-14-17-13(21)11(22-14)7-12(19)20/h1-4,8,11H,5-7H2,(H,19,20)(H,17,18,21). The molecule has 0 aliphatic carbocycles. The van der Waals surface area contributed by atoms with Crippen LogP contribution >= 0.6 is 11.8 Å². The van der Waals surface area contributed by atoms with E-state index in [0.29, 0.717) is 6.42 Å². The van der Waals surface area contributed by atoms with Gasteiger partial charge in [-0.15, -0.1) is 5.10 Å². The Balaban J connectivity index is 2.03. The molecule has 6 nitrogen and oxygen atoms in total. The van der Waals surface area contributed by atoms with Crippen LogP contribution in [-0.4, -0.2) is 40.3 Å². The largest absolute Gasteiger partial charge is 0.481 e. The molecular weight excluding hydrogens is 309 g/mol. The molecule has 1 fully saturated rings. The van der Waals surface area contributed by atoms with Crippen LogP contribution in [0, 0.1) is 0 Å². The monoisotopic (exact) mass is 323 g/mol. The second-order valence-corrected chi connectivity index (χ2v) is 5.67. The van der Waals surface area contributed by atoms with Crippen molar-refractivity contribution in [2.45, 2.75) is 18.1 Å². The zero-order valence-electron chi connectivity index (χ0n) is 11.5. The summed E-state index contributed by atoms with van der Waals surface area (Å²) in [6.45, 7) is -0.456. The summed E-state index contributed by atoms with van der Waals surface area (Å²) in [5.41, 5.74) is 1.57. The number of carbonyl (C=O) groups is 2. The van der Waals surface area contributed by atoms with Crippen molar-refractivity contribution in [3.8, 4) is 0 Å². The number of carboxylic acids is 1. The molecule has 1 saturated heterocycles. The van der Waals surface area contributed by atoms with Crippen molar-refractivity contribution in [3.63, 3.8) is 0 Å². The highest BCUT2D eigenvalue weighted by atomic mass is 32.2. The topological polar surface area (TPSA) is 91.1 Å². The fraction of sp³-hybridized carbons (Fsp3) is 0.286. The van der Waals surface area contributed by atoms with Gasteiger partial charge in [-0.1, -0.05) is 36.0 Å². The number of amides is 1. The van der Waals surface area contributed by atoms with Gasteiger partial charge >= 0.3 is 5.97 Å². The van der Waals surface area contributed by atoms with E-state index in [-0.39, 0.29) is 17.5 Å². The van der Waals surface area contributed by atoms with E-state index >= 15 is 0 Å². The molecule has 2 rings (SSSR count). The first kappa shape index (κ1) is 16.2. The van der Waals surface area contributed by atoms with E-state index in [1.807, 2.05) is 18.2 Å². The summed E-state index contributed by atoms with van der Waals surface area (Å²) in [6, 6.07) is 7.23. The number of nitrogens with zero attached hydrogens (tertiary/aromatic N) is 2. The van der Waals surface area contributed by atoms with Crippen LogP contribution in [-0.2, 0) is 16.0 Å². The minimum atomic E-state index is -1.04. The third-order valence-corrected chi connectivity index (χ3v) is 3.97. The molecule has 0 saturated carbocycles. The van der Waals surface area contributed by atoms with Gasteiger partial charge in [0.2, 0.25) is 5.91 Å². The van der Waals surface area contributed by atoms with Crippen molar-refractivity contribution >= 4 is 35.0 Å². The first-order valence-electron chi connectivity index (χ1n) is 6.54. The van der Waals surface area contributed by atoms with Gasteiger partial charge < -0.3 is 10.4 Å². The molecule has 116 valence electrons. The Kier molecular flexibility index (Phi) is 5.65. The fourth-order valence-corrected chi connectivity index (χ4v) is 2.79. The third-order valence-electron chi connectivity index (χ3n) is 2.90. The molecule has 2 N–H and O–H groups in total. The van der Waals surface area contributed by atoms with Crippen LogP contribution in [0.15, 0.2) is 34.5 Å². The van der Waals surface area contributed by atoms with Gasteiger partial charge in [0.15, 0.2) is 5.17 Å². The van der Waals surface area contributed by atoms with E-state index in [1.54, 1.807) is 6.07 Å². The van der Waals surface area contributed by atoms with Crippen LogP contribution in [0.1, 0.15) is 17.5 Å². The molecule has 1 heterocycles. The van der Waals surface area contributed by atoms with Crippen molar-refractivity contribution in [1.82, 2.24) is 5.32 Å². The highest BCUT2D eigenvalue weighted by Gasteiger charge is 2.32. The molecular formula is C14H14FN3O3S. The van der Waals surface area contributed by atoms with Gasteiger partial charge in [-0.05, 0) is 11.1 Å². The van der Waals surface area contributed by atoms with Crippen LogP contribution in [0.2, 0.25) is 0 Å². The lowest BCUT2D eigenvalue weighted by atomic mass is 10.1. The van der Waals surface area contributed by atoms with Gasteiger partial charge in [-0.2, -0.15) is 5.10 Å². The normalized spacial score (nSPS) is 19.8. The smallest absolute Gasteiger partial charge is 0.305 e. The number of amidine groups is 1. The number of carbonyl (C=O) groups excluding carboxylic acids is 1. The lowest BCUT2D eigenvalue weighted by Gasteiger charge is -2.01. The molecule has 0 radical (unpaired) electrons. The van der Waals surface area contributed by atoms with Crippen LogP contribution in [0.25, 0.3) is 0 Å². The van der Waals surface area contributed by atoms with E-state index < -0.39 is 17.9 Å². The van der Waals surface area contributed by atoms with Gasteiger partial charge in [0.1, 0.15) is 5.25 Å². The van der Waals surface area contributed by atoms with Gasteiger partial charge in [0.05, 0.1) is 19.3 Å². The minimum Gasteiger partial charge on any atom is -0.481 e. The molecule has 1 aromatic carbocycles. The second-order valence-electron chi connectivity index (χ2n) is 4.48. The van der Waals surface area contributed by atoms with Gasteiger partial charge in [-0.3, -0.25) is 14.0 Å². The predicted molar refractivity (Wildman–Crippen MR) is 82.9 cm³/mol. The lowest BCUT2D eigenvalue weighted by Crippen LogP contribution is -2.26. The Bertz CT molecular complexity index is 634. The van der Waals surface area contributed by atoms with Crippen molar-refractivity contribution in [1.29, 1.82) is 0 Å². The number of rotatable bonds is 6. The quantitative estimate of drug-likeness (QED) is 0.614. The highest BCUT2D eigenvalue weighted by molar-refractivity contribution is 8.15. The maximum atomic E-state index is 12.4. The molecule has 1 aromatic rings. The number of aryl methyl sites for hydroxylation is 1. The number of benzene rings is 1. The molecule has 0 bridgehead atoms. The second kappa shape index (κ2) is 7.69. The maximum absolute atomic E-state index is 12.4. The predicted octanol–water partition coefficient (Wildman–Crippen LogP) is 1.59. The molecule has 0 aromatic heterocycles. The van der Waals surface area contributed by atoms with Gasteiger partial charge in [-0.25, -0.2) is 0 Å². The summed E-state index contributed by atoms with van der Waals surface area (Å²) in [7, 11) is 0. The number of hydrogen-bond donors (Lipinski definition) is 2. The van der Waals surface area contributed by atoms with E-state index in [1.165, 1.54) is 6.21 Å². The van der Waals surface area contributed by atoms with Crippen LogP contribution < -0.4 is 5.32 Å². The zero-order chi connectivity index (χ0) is 15.9. The summed E-state index contributed by atoms with van der Waals surface area (Å²) in [4.78, 5) is 22.1. The lowest BCUT2D eigenvalue weighted by molar-refractivity contribution is -0.138. The van der Waals surface area contributed by atoms with Crippen molar-refractivity contribution in [2.24, 2.45) is 10.2 Å². The number of thioether (sulfide) groups is 1. The number of carboxylic acid groups (broad SMARTS) is 1. The average Bonchev–Trinajstić information content (AvgIpc) is 2.80. The Morgan fingerprint density at radius 1 is 1.45 bits per heavy atom. The molecule has 22 heavy (non-hydrogen) atoms. The van der Waals surface area contributed by atoms with E-state index in [9.17, 15) is 14.0 Å². The summed E-state index contributed by atoms with van der Waals surface area (Å²) in [5, 5.41) is 18.5. The molecule has 1 atom stereocenters. The van der Waals surface area contributed by atoms with E-state index in [0.717, 1.165) is 22.9 Å². The van der Waals surface area contributed by atoms with Crippen molar-refractivity contribution < 1.29 is 19.1 Å². The highest BCUT2D eigenvalue weighted by Crippen LogP contribution is 2.22. The first-order chi connectivity index (χ1) is 10.6. The van der Waals surface area contributed by atoms with Crippen molar-refractivity contribution in [2.75, 3.05) is 6.67 Å². The van der Waals surface area contributed by atoms with Crippen LogP contribution in [0.5, 0.6) is 0 Å². The Morgan fingerprint density at radius 2 is 2.23 bits per heavy atom. The molecule has 1 aliphatic rings. The summed E-state index contributed by atoms with van der Waals surface area (Å²) >= 11 is 1.03. The number of nitrogens with one attached hydrogen (secondary N) is 1. The average molecular weight is 323 g/mol. The molecule has 1 amide bonds. The molecule has 0 spiro atoms. The van der Waals surface area contributed by atoms with Crippen LogP contribution in [0.4, 0.5) is 4.39 Å². The Hall–Kier alpha value is -2.22. The number of aliphatic carboxylic acids is 1. The third kappa shape index (κ3) is 4.39. The number of alkyl halides is 1. The molecule has 1 aliphatic heterocycles. The maximum Gasteiger partial charge on any atom is 0.305 e. The van der Waals surface area contributed by atoms with Gasteiger partial charge in [0, 0.05) is 6.42 Å². The van der Waals surface area contributed by atoms with Gasteiger partial charge in [0.25, 0.3) is 0 Å². The van der Waals surface area contributed by atoms with E-state index in [2.05, 4.69) is 15.5 Å². The van der Waals surface area contributed by atoms with Crippen LogP contribution in [0.3, 0.4) is 0 Å². The number of halogens is 1. The fourth-order valence-electron chi connectivity index (χ4n) is 1.88. The minimum absolute atomic E-state index is 0.260. The van der Waals surface area contributed by atoms with Crippen molar-refractivity contribution in [3.05, 3.63) is 35.4 Å². The summed E-state index contributed by atoms with van der Waals surface area (Å²) in [6.07, 6.45) is 1.51. The molecule has 1 unspecified atom stereocenters. The first-order valence-corrected chi connectivity index (χ1v) is 7.42. The van der Waals surface area contributed by atoms with E-state index in [4.69, 9.17) is 5.11 Å². The summed E-state index contributed by atoms with van der Waals surface area (Å²) < 4.78 is 12.4. The SMILES string of the molecule is O=C(O)CC1SC(=NN=Cc2ccccc2CCF)NC1=O. The zero-order valence-corrected chi connectivity index (χ0v) is 12.3. The Morgan fingerprint density at radius 3 is 2.95 bits per heavy atom. The number of hydrogen-bond acceptors (Lipinski definition) is 5. The Labute approximate surface area is 130 Å².